The molecule has 0 saturated carbocycles. The Kier molecular flexibility index (Phi) is 4.80. The van der Waals surface area contributed by atoms with Crippen molar-refractivity contribution in [1.29, 1.82) is 0 Å². The minimum Gasteiger partial charge on any atom is -0.491 e. The summed E-state index contributed by atoms with van der Waals surface area (Å²) >= 11 is 0. The lowest BCUT2D eigenvalue weighted by Gasteiger charge is -2.09. The molecule has 0 aliphatic rings. The number of hydrogen-bond acceptors (Lipinski definition) is 2. The predicted octanol–water partition coefficient (Wildman–Crippen LogP) is 0.0420. The maximum Gasteiger partial charge on any atom is 0.218 e. The standard InChI is InChI=1S/C11H17N5O/c1-8(15-11(14)16-10(12)13)7-17-9-5-3-2-4-6-9/h2-6,8H,7H2,1H3,(H6,12,13,14,15,16). The Hall–Kier alpha value is -2.24. The lowest BCUT2D eigenvalue weighted by Crippen LogP contribution is -2.27. The average molecular weight is 235 g/mol. The zero-order valence-corrected chi connectivity index (χ0v) is 9.71. The Morgan fingerprint density at radius 3 is 2.47 bits per heavy atom. The largest absolute Gasteiger partial charge is 0.491 e. The zero-order valence-electron chi connectivity index (χ0n) is 9.71. The van der Waals surface area contributed by atoms with Crippen LogP contribution in [0.25, 0.3) is 0 Å². The van der Waals surface area contributed by atoms with Gasteiger partial charge in [0, 0.05) is 0 Å². The van der Waals surface area contributed by atoms with Crippen molar-refractivity contribution in [3.05, 3.63) is 30.3 Å². The summed E-state index contributed by atoms with van der Waals surface area (Å²) in [5.41, 5.74) is 15.8. The molecule has 6 heteroatoms. The van der Waals surface area contributed by atoms with Crippen LogP contribution >= 0.6 is 0 Å². The number of nitrogens with two attached hydrogens (primary N) is 3. The van der Waals surface area contributed by atoms with Crippen molar-refractivity contribution in [2.45, 2.75) is 13.0 Å². The van der Waals surface area contributed by atoms with E-state index in [0.29, 0.717) is 6.61 Å². The van der Waals surface area contributed by atoms with Crippen LogP contribution < -0.4 is 21.9 Å². The molecule has 1 unspecified atom stereocenters. The molecule has 1 aromatic rings. The smallest absolute Gasteiger partial charge is 0.218 e. The van der Waals surface area contributed by atoms with Crippen molar-refractivity contribution in [2.75, 3.05) is 6.61 Å². The second-order valence-electron chi connectivity index (χ2n) is 3.50. The van der Waals surface area contributed by atoms with E-state index in [9.17, 15) is 0 Å². The third-order valence-electron chi connectivity index (χ3n) is 1.83. The van der Waals surface area contributed by atoms with Gasteiger partial charge in [0.2, 0.25) is 5.96 Å². The molecule has 0 saturated heterocycles. The first-order chi connectivity index (χ1) is 8.08. The van der Waals surface area contributed by atoms with Crippen molar-refractivity contribution < 1.29 is 4.74 Å². The van der Waals surface area contributed by atoms with Crippen molar-refractivity contribution in [2.24, 2.45) is 27.2 Å². The number of rotatable bonds is 4. The van der Waals surface area contributed by atoms with Gasteiger partial charge in [0.15, 0.2) is 5.96 Å². The Bertz CT molecular complexity index is 398. The molecule has 6 N–H and O–H groups in total. The van der Waals surface area contributed by atoms with Crippen LogP contribution in [-0.2, 0) is 0 Å². The molecule has 0 amide bonds. The number of para-hydroxylation sites is 1. The van der Waals surface area contributed by atoms with Gasteiger partial charge in [-0.1, -0.05) is 18.2 Å². The van der Waals surface area contributed by atoms with Gasteiger partial charge in [0.05, 0.1) is 6.04 Å². The molecule has 17 heavy (non-hydrogen) atoms. The highest BCUT2D eigenvalue weighted by Gasteiger charge is 2.01. The van der Waals surface area contributed by atoms with Crippen LogP contribution in [-0.4, -0.2) is 24.6 Å². The molecular weight excluding hydrogens is 218 g/mol. The van der Waals surface area contributed by atoms with Crippen molar-refractivity contribution in [1.82, 2.24) is 0 Å². The molecule has 0 aliphatic carbocycles. The number of hydrogen-bond donors (Lipinski definition) is 3. The predicted molar refractivity (Wildman–Crippen MR) is 68.8 cm³/mol. The molecule has 0 aliphatic heterocycles. The summed E-state index contributed by atoms with van der Waals surface area (Å²) in [6.07, 6.45) is 0. The van der Waals surface area contributed by atoms with Gasteiger partial charge in [-0.2, -0.15) is 4.99 Å². The summed E-state index contributed by atoms with van der Waals surface area (Å²) in [5, 5.41) is 0. The van der Waals surface area contributed by atoms with E-state index in [1.807, 2.05) is 37.3 Å². The quantitative estimate of drug-likeness (QED) is 0.505. The maximum absolute atomic E-state index is 5.50. The molecule has 0 aromatic heterocycles. The number of guanidine groups is 2. The average Bonchev–Trinajstić information content (AvgIpc) is 2.26. The Morgan fingerprint density at radius 2 is 1.88 bits per heavy atom. The van der Waals surface area contributed by atoms with Gasteiger partial charge in [-0.25, -0.2) is 4.99 Å². The van der Waals surface area contributed by atoms with Gasteiger partial charge in [-0.3, -0.25) is 0 Å². The number of benzene rings is 1. The first kappa shape index (κ1) is 12.8. The third kappa shape index (κ3) is 5.41. The first-order valence-electron chi connectivity index (χ1n) is 5.18. The van der Waals surface area contributed by atoms with Gasteiger partial charge in [0.1, 0.15) is 12.4 Å². The van der Waals surface area contributed by atoms with Gasteiger partial charge < -0.3 is 21.9 Å². The Morgan fingerprint density at radius 1 is 1.24 bits per heavy atom. The molecule has 0 spiro atoms. The number of aliphatic imine (C=N–C) groups is 2. The van der Waals surface area contributed by atoms with Gasteiger partial charge in [-0.15, -0.1) is 0 Å². The SMILES string of the molecule is CC(COc1ccccc1)N=C(N)N=C(N)N. The number of ether oxygens (including phenoxy) is 1. The highest BCUT2D eigenvalue weighted by atomic mass is 16.5. The van der Waals surface area contributed by atoms with E-state index in [4.69, 9.17) is 21.9 Å². The van der Waals surface area contributed by atoms with Crippen molar-refractivity contribution in [3.63, 3.8) is 0 Å². The molecule has 6 nitrogen and oxygen atoms in total. The van der Waals surface area contributed by atoms with Crippen LogP contribution in [0.15, 0.2) is 40.3 Å². The first-order valence-corrected chi connectivity index (χ1v) is 5.18. The summed E-state index contributed by atoms with van der Waals surface area (Å²) in [6, 6.07) is 9.34. The molecule has 0 heterocycles. The van der Waals surface area contributed by atoms with Gasteiger partial charge in [0.25, 0.3) is 0 Å². The topological polar surface area (TPSA) is 112 Å². The van der Waals surface area contributed by atoms with Crippen LogP contribution in [0.4, 0.5) is 0 Å². The lowest BCUT2D eigenvalue weighted by molar-refractivity contribution is 0.297. The lowest BCUT2D eigenvalue weighted by atomic mass is 10.3. The van der Waals surface area contributed by atoms with Crippen LogP contribution in [0.3, 0.4) is 0 Å². The zero-order chi connectivity index (χ0) is 12.7. The van der Waals surface area contributed by atoms with E-state index in [2.05, 4.69) is 9.98 Å². The van der Waals surface area contributed by atoms with E-state index in [-0.39, 0.29) is 18.0 Å². The van der Waals surface area contributed by atoms with Crippen LogP contribution in [0.1, 0.15) is 6.92 Å². The summed E-state index contributed by atoms with van der Waals surface area (Å²) < 4.78 is 5.50. The molecule has 0 radical (unpaired) electrons. The fraction of sp³-hybridized carbons (Fsp3) is 0.273. The molecule has 0 bridgehead atoms. The van der Waals surface area contributed by atoms with Crippen LogP contribution in [0.2, 0.25) is 0 Å². The monoisotopic (exact) mass is 235 g/mol. The molecule has 92 valence electrons. The van der Waals surface area contributed by atoms with E-state index in [1.165, 1.54) is 0 Å². The fourth-order valence-electron chi connectivity index (χ4n) is 1.16. The Labute approximate surface area is 100 Å². The van der Waals surface area contributed by atoms with E-state index < -0.39 is 0 Å². The van der Waals surface area contributed by atoms with Crippen molar-refractivity contribution >= 4 is 11.9 Å². The van der Waals surface area contributed by atoms with Gasteiger partial charge in [-0.05, 0) is 19.1 Å². The summed E-state index contributed by atoms with van der Waals surface area (Å²) in [6.45, 7) is 2.27. The summed E-state index contributed by atoms with van der Waals surface area (Å²) in [5.74, 6) is 0.728. The molecule has 1 aromatic carbocycles. The van der Waals surface area contributed by atoms with E-state index in [0.717, 1.165) is 5.75 Å². The summed E-state index contributed by atoms with van der Waals surface area (Å²) in [7, 11) is 0. The number of nitrogens with zero attached hydrogens (tertiary/aromatic N) is 2. The molecule has 1 atom stereocenters. The van der Waals surface area contributed by atoms with E-state index in [1.54, 1.807) is 0 Å². The second kappa shape index (κ2) is 6.37. The maximum atomic E-state index is 5.50. The van der Waals surface area contributed by atoms with Crippen LogP contribution in [0, 0.1) is 0 Å². The molecule has 1 rings (SSSR count). The molecule has 0 fully saturated rings. The normalized spacial score (nSPS) is 12.9. The summed E-state index contributed by atoms with van der Waals surface area (Å²) in [4.78, 5) is 7.67. The minimum absolute atomic E-state index is 0.0501. The third-order valence-corrected chi connectivity index (χ3v) is 1.83. The van der Waals surface area contributed by atoms with Crippen LogP contribution in [0.5, 0.6) is 5.75 Å². The minimum atomic E-state index is -0.127. The van der Waals surface area contributed by atoms with Crippen molar-refractivity contribution in [3.8, 4) is 5.75 Å². The molecular formula is C11H17N5O. The second-order valence-corrected chi connectivity index (χ2v) is 3.50. The highest BCUT2D eigenvalue weighted by molar-refractivity contribution is 5.92. The fourth-order valence-corrected chi connectivity index (χ4v) is 1.16. The Balaban J connectivity index is 2.45. The van der Waals surface area contributed by atoms with Gasteiger partial charge >= 0.3 is 0 Å². The highest BCUT2D eigenvalue weighted by Crippen LogP contribution is 2.08. The van der Waals surface area contributed by atoms with E-state index >= 15 is 0 Å².